The molecule has 1 aliphatic rings. The third kappa shape index (κ3) is 4.93. The summed E-state index contributed by atoms with van der Waals surface area (Å²) in [6, 6.07) is 6.16. The highest BCUT2D eigenvalue weighted by atomic mass is 19.1. The minimum absolute atomic E-state index is 0.0726. The molecule has 0 saturated carbocycles. The number of nitrogens with one attached hydrogen (secondary N) is 2. The van der Waals surface area contributed by atoms with Gasteiger partial charge < -0.3 is 15.4 Å². The van der Waals surface area contributed by atoms with Gasteiger partial charge in [0.15, 0.2) is 11.5 Å². The number of nitrogens with zero attached hydrogens (tertiary/aromatic N) is 3. The molecule has 0 spiro atoms. The molecule has 26 heavy (non-hydrogen) atoms. The van der Waals surface area contributed by atoms with Gasteiger partial charge >= 0.3 is 0 Å². The summed E-state index contributed by atoms with van der Waals surface area (Å²) in [4.78, 5) is 14.3. The number of benzene rings is 1. The van der Waals surface area contributed by atoms with E-state index in [-0.39, 0.29) is 23.1 Å². The van der Waals surface area contributed by atoms with Gasteiger partial charge in [-0.3, -0.25) is 9.69 Å². The number of rotatable bonds is 6. The fourth-order valence-corrected chi connectivity index (χ4v) is 2.49. The number of morpholine rings is 1. The van der Waals surface area contributed by atoms with Crippen molar-refractivity contribution in [2.24, 2.45) is 0 Å². The van der Waals surface area contributed by atoms with Gasteiger partial charge in [-0.1, -0.05) is 0 Å². The number of carbonyl (C=O) groups excluding carboxylic acids is 1. The maximum atomic E-state index is 13.6. The van der Waals surface area contributed by atoms with Crippen molar-refractivity contribution in [3.05, 3.63) is 47.7 Å². The monoisotopic (exact) mass is 363 g/mol. The molecule has 1 amide bonds. The molecule has 1 aromatic carbocycles. The second kappa shape index (κ2) is 8.63. The third-order valence-electron chi connectivity index (χ3n) is 3.91. The summed E-state index contributed by atoms with van der Waals surface area (Å²) in [7, 11) is 0. The van der Waals surface area contributed by atoms with Crippen LogP contribution in [0.5, 0.6) is 0 Å². The standard InChI is InChI=1S/C17H19F2N5O2/c18-12-1-2-14(13(19)11-12)21-16-4-3-15(22-23-16)17(25)20-5-6-24-7-9-26-10-8-24/h1-4,11H,5-10H2,(H,20,25)(H,21,23). The predicted molar refractivity (Wildman–Crippen MR) is 91.3 cm³/mol. The minimum atomic E-state index is -0.739. The first-order chi connectivity index (χ1) is 12.6. The van der Waals surface area contributed by atoms with E-state index in [4.69, 9.17) is 4.74 Å². The Kier molecular flexibility index (Phi) is 6.03. The summed E-state index contributed by atoms with van der Waals surface area (Å²) < 4.78 is 31.8. The highest BCUT2D eigenvalue weighted by Gasteiger charge is 2.12. The lowest BCUT2D eigenvalue weighted by Gasteiger charge is -2.26. The van der Waals surface area contributed by atoms with Crippen LogP contribution in [-0.2, 0) is 4.74 Å². The first-order valence-electron chi connectivity index (χ1n) is 8.26. The maximum Gasteiger partial charge on any atom is 0.271 e. The van der Waals surface area contributed by atoms with E-state index in [0.717, 1.165) is 31.8 Å². The first-order valence-corrected chi connectivity index (χ1v) is 8.26. The Labute approximate surface area is 149 Å². The molecule has 7 nitrogen and oxygen atoms in total. The van der Waals surface area contributed by atoms with E-state index in [0.29, 0.717) is 19.8 Å². The summed E-state index contributed by atoms with van der Waals surface area (Å²) in [5.41, 5.74) is 0.237. The van der Waals surface area contributed by atoms with E-state index < -0.39 is 11.6 Å². The summed E-state index contributed by atoms with van der Waals surface area (Å²) in [5, 5.41) is 13.2. The van der Waals surface area contributed by atoms with Crippen molar-refractivity contribution in [3.63, 3.8) is 0 Å². The normalized spacial score (nSPS) is 14.8. The fraction of sp³-hybridized carbons (Fsp3) is 0.353. The molecule has 1 saturated heterocycles. The Morgan fingerprint density at radius 2 is 1.96 bits per heavy atom. The molecular formula is C17H19F2N5O2. The van der Waals surface area contributed by atoms with E-state index in [2.05, 4.69) is 25.7 Å². The van der Waals surface area contributed by atoms with Gasteiger partial charge in [0.25, 0.3) is 5.91 Å². The number of hydrogen-bond acceptors (Lipinski definition) is 6. The van der Waals surface area contributed by atoms with Crippen molar-refractivity contribution in [3.8, 4) is 0 Å². The number of aromatic nitrogens is 2. The average molecular weight is 363 g/mol. The predicted octanol–water partition coefficient (Wildman–Crippen LogP) is 1.56. The molecule has 1 aromatic heterocycles. The number of hydrogen-bond donors (Lipinski definition) is 2. The van der Waals surface area contributed by atoms with Crippen LogP contribution in [0.4, 0.5) is 20.3 Å². The highest BCUT2D eigenvalue weighted by molar-refractivity contribution is 5.92. The van der Waals surface area contributed by atoms with E-state index in [1.807, 2.05) is 0 Å². The van der Waals surface area contributed by atoms with Crippen molar-refractivity contribution >= 4 is 17.4 Å². The highest BCUT2D eigenvalue weighted by Crippen LogP contribution is 2.18. The lowest BCUT2D eigenvalue weighted by Crippen LogP contribution is -2.41. The van der Waals surface area contributed by atoms with Crippen LogP contribution < -0.4 is 10.6 Å². The van der Waals surface area contributed by atoms with E-state index in [9.17, 15) is 13.6 Å². The Bertz CT molecular complexity index is 751. The Morgan fingerprint density at radius 3 is 2.65 bits per heavy atom. The van der Waals surface area contributed by atoms with Gasteiger partial charge in [-0.25, -0.2) is 8.78 Å². The number of halogens is 2. The number of carbonyl (C=O) groups is 1. The second-order valence-electron chi connectivity index (χ2n) is 5.76. The smallest absolute Gasteiger partial charge is 0.271 e. The van der Waals surface area contributed by atoms with E-state index in [1.54, 1.807) is 0 Å². The van der Waals surface area contributed by atoms with Crippen molar-refractivity contribution in [1.82, 2.24) is 20.4 Å². The quantitative estimate of drug-likeness (QED) is 0.811. The largest absolute Gasteiger partial charge is 0.379 e. The lowest BCUT2D eigenvalue weighted by atomic mass is 10.3. The molecule has 3 rings (SSSR count). The van der Waals surface area contributed by atoms with Gasteiger partial charge in [-0.2, -0.15) is 0 Å². The Hall–Kier alpha value is -2.65. The number of anilines is 2. The fourth-order valence-electron chi connectivity index (χ4n) is 2.49. The maximum absolute atomic E-state index is 13.6. The molecule has 0 unspecified atom stereocenters. The molecule has 0 bridgehead atoms. The molecule has 0 aliphatic carbocycles. The third-order valence-corrected chi connectivity index (χ3v) is 3.91. The zero-order chi connectivity index (χ0) is 18.4. The summed E-state index contributed by atoms with van der Waals surface area (Å²) in [5.74, 6) is -1.48. The Balaban J connectivity index is 1.50. The van der Waals surface area contributed by atoms with E-state index >= 15 is 0 Å². The summed E-state index contributed by atoms with van der Waals surface area (Å²) in [6.45, 7) is 4.38. The first kappa shape index (κ1) is 18.2. The minimum Gasteiger partial charge on any atom is -0.379 e. The van der Waals surface area contributed by atoms with Crippen LogP contribution in [0.25, 0.3) is 0 Å². The van der Waals surface area contributed by atoms with Crippen molar-refractivity contribution in [1.29, 1.82) is 0 Å². The zero-order valence-electron chi connectivity index (χ0n) is 14.0. The molecule has 0 radical (unpaired) electrons. The van der Waals surface area contributed by atoms with Crippen LogP contribution in [0.3, 0.4) is 0 Å². The van der Waals surface area contributed by atoms with Crippen molar-refractivity contribution in [2.75, 3.05) is 44.7 Å². The number of ether oxygens (including phenoxy) is 1. The van der Waals surface area contributed by atoms with Crippen LogP contribution >= 0.6 is 0 Å². The van der Waals surface area contributed by atoms with Crippen molar-refractivity contribution in [2.45, 2.75) is 0 Å². The molecule has 2 aromatic rings. The summed E-state index contributed by atoms with van der Waals surface area (Å²) >= 11 is 0. The van der Waals surface area contributed by atoms with Crippen LogP contribution in [0.2, 0.25) is 0 Å². The molecule has 1 fully saturated rings. The van der Waals surface area contributed by atoms with Gasteiger partial charge in [-0.15, -0.1) is 10.2 Å². The van der Waals surface area contributed by atoms with Crippen LogP contribution in [0.1, 0.15) is 10.5 Å². The van der Waals surface area contributed by atoms with Crippen LogP contribution in [0, 0.1) is 11.6 Å². The molecule has 9 heteroatoms. The molecule has 1 aliphatic heterocycles. The van der Waals surface area contributed by atoms with E-state index in [1.165, 1.54) is 18.2 Å². The Morgan fingerprint density at radius 1 is 1.15 bits per heavy atom. The van der Waals surface area contributed by atoms with Gasteiger partial charge in [-0.05, 0) is 24.3 Å². The van der Waals surface area contributed by atoms with Gasteiger partial charge in [0, 0.05) is 32.2 Å². The molecule has 0 atom stereocenters. The zero-order valence-corrected chi connectivity index (χ0v) is 14.0. The molecule has 138 valence electrons. The van der Waals surface area contributed by atoms with Crippen LogP contribution in [-0.4, -0.2) is 60.4 Å². The molecule has 2 N–H and O–H groups in total. The summed E-state index contributed by atoms with van der Waals surface area (Å²) in [6.07, 6.45) is 0. The van der Waals surface area contributed by atoms with Crippen LogP contribution in [0.15, 0.2) is 30.3 Å². The van der Waals surface area contributed by atoms with Gasteiger partial charge in [0.2, 0.25) is 0 Å². The molecular weight excluding hydrogens is 344 g/mol. The topological polar surface area (TPSA) is 79.4 Å². The second-order valence-corrected chi connectivity index (χ2v) is 5.76. The van der Waals surface area contributed by atoms with Gasteiger partial charge in [0.05, 0.1) is 18.9 Å². The lowest BCUT2D eigenvalue weighted by molar-refractivity contribution is 0.0383. The molecule has 2 heterocycles. The average Bonchev–Trinajstić information content (AvgIpc) is 2.65. The number of amides is 1. The van der Waals surface area contributed by atoms with Gasteiger partial charge in [0.1, 0.15) is 11.6 Å². The SMILES string of the molecule is O=C(NCCN1CCOCC1)c1ccc(Nc2ccc(F)cc2F)nn1. The van der Waals surface area contributed by atoms with Crippen molar-refractivity contribution < 1.29 is 18.3 Å².